The van der Waals surface area contributed by atoms with Gasteiger partial charge >= 0.3 is 0 Å². The van der Waals surface area contributed by atoms with Gasteiger partial charge in [-0.15, -0.1) is 6.42 Å². The van der Waals surface area contributed by atoms with Gasteiger partial charge in [0.05, 0.1) is 6.04 Å². The maximum atomic E-state index is 11.5. The second kappa shape index (κ2) is 3.62. The number of terminal acetylenes is 1. The molecule has 0 aromatic rings. The Kier molecular flexibility index (Phi) is 2.75. The van der Waals surface area contributed by atoms with E-state index in [4.69, 9.17) is 6.42 Å². The Bertz CT molecular complexity index is 214. The first-order chi connectivity index (χ1) is 5.66. The van der Waals surface area contributed by atoms with Crippen LogP contribution in [0.3, 0.4) is 0 Å². The Morgan fingerprint density at radius 2 is 2.33 bits per heavy atom. The smallest absolute Gasteiger partial charge is 0.226 e. The Morgan fingerprint density at radius 1 is 1.67 bits per heavy atom. The Balaban J connectivity index is 2.63. The van der Waals surface area contributed by atoms with Gasteiger partial charge in [-0.3, -0.25) is 4.79 Å². The van der Waals surface area contributed by atoms with Crippen molar-refractivity contribution in [3.63, 3.8) is 0 Å². The molecule has 2 heteroatoms. The number of hydrogen-bond donors (Lipinski definition) is 0. The Morgan fingerprint density at radius 3 is 2.83 bits per heavy atom. The molecule has 0 saturated carbocycles. The van der Waals surface area contributed by atoms with Crippen LogP contribution >= 0.6 is 0 Å². The summed E-state index contributed by atoms with van der Waals surface area (Å²) in [6, 6.07) is 0.0555. The first-order valence-corrected chi connectivity index (χ1v) is 4.43. The Labute approximate surface area is 73.9 Å². The highest BCUT2D eigenvalue weighted by Gasteiger charge is 2.28. The van der Waals surface area contributed by atoms with Crippen molar-refractivity contribution < 1.29 is 4.79 Å². The van der Waals surface area contributed by atoms with Crippen LogP contribution in [0.5, 0.6) is 0 Å². The number of rotatable bonds is 1. The minimum Gasteiger partial charge on any atom is -0.329 e. The highest BCUT2D eigenvalue weighted by Crippen LogP contribution is 2.18. The standard InChI is InChI=1S/C10H15NO/c1-4-9-6-5-7-11(9)10(12)8(2)3/h1,8-9H,5-7H2,2-3H3/t9-/m1/s1. The molecule has 1 fully saturated rings. The monoisotopic (exact) mass is 165 g/mol. The van der Waals surface area contributed by atoms with Crippen LogP contribution in [-0.4, -0.2) is 23.4 Å². The van der Waals surface area contributed by atoms with Crippen molar-refractivity contribution in [2.45, 2.75) is 32.7 Å². The van der Waals surface area contributed by atoms with Gasteiger partial charge in [-0.1, -0.05) is 19.8 Å². The molecular weight excluding hydrogens is 150 g/mol. The lowest BCUT2D eigenvalue weighted by molar-refractivity contribution is -0.134. The van der Waals surface area contributed by atoms with Gasteiger partial charge in [-0.2, -0.15) is 0 Å². The van der Waals surface area contributed by atoms with Gasteiger partial charge in [0, 0.05) is 12.5 Å². The first kappa shape index (κ1) is 9.12. The summed E-state index contributed by atoms with van der Waals surface area (Å²) in [5.41, 5.74) is 0. The molecule has 0 aromatic heterocycles. The lowest BCUT2D eigenvalue weighted by Crippen LogP contribution is -2.37. The topological polar surface area (TPSA) is 20.3 Å². The van der Waals surface area contributed by atoms with Crippen molar-refractivity contribution in [2.75, 3.05) is 6.54 Å². The van der Waals surface area contributed by atoms with Crippen LogP contribution in [0.15, 0.2) is 0 Å². The van der Waals surface area contributed by atoms with Crippen LogP contribution < -0.4 is 0 Å². The fourth-order valence-electron chi connectivity index (χ4n) is 1.54. The number of likely N-dealkylation sites (tertiary alicyclic amines) is 1. The second-order valence-corrected chi connectivity index (χ2v) is 3.51. The van der Waals surface area contributed by atoms with Crippen molar-refractivity contribution in [3.05, 3.63) is 0 Å². The van der Waals surface area contributed by atoms with Gasteiger partial charge < -0.3 is 4.90 Å². The van der Waals surface area contributed by atoms with Crippen molar-refractivity contribution >= 4 is 5.91 Å². The zero-order valence-electron chi connectivity index (χ0n) is 7.71. The molecule has 1 saturated heterocycles. The summed E-state index contributed by atoms with van der Waals surface area (Å²) in [6.45, 7) is 4.66. The molecule has 0 aromatic carbocycles. The summed E-state index contributed by atoms with van der Waals surface area (Å²) >= 11 is 0. The molecule has 0 bridgehead atoms. The quantitative estimate of drug-likeness (QED) is 0.536. The van der Waals surface area contributed by atoms with Crippen LogP contribution in [0.4, 0.5) is 0 Å². The molecule has 12 heavy (non-hydrogen) atoms. The van der Waals surface area contributed by atoms with Crippen molar-refractivity contribution in [1.29, 1.82) is 0 Å². The maximum absolute atomic E-state index is 11.5. The second-order valence-electron chi connectivity index (χ2n) is 3.51. The molecule has 0 aliphatic carbocycles. The molecule has 0 unspecified atom stereocenters. The molecule has 1 rings (SSSR count). The van der Waals surface area contributed by atoms with E-state index < -0.39 is 0 Å². The maximum Gasteiger partial charge on any atom is 0.226 e. The summed E-state index contributed by atoms with van der Waals surface area (Å²) in [4.78, 5) is 13.4. The van der Waals surface area contributed by atoms with E-state index in [1.165, 1.54) is 0 Å². The molecule has 66 valence electrons. The molecular formula is C10H15NO. The van der Waals surface area contributed by atoms with E-state index >= 15 is 0 Å². The van der Waals surface area contributed by atoms with E-state index in [9.17, 15) is 4.79 Å². The van der Waals surface area contributed by atoms with Crippen LogP contribution in [-0.2, 0) is 4.79 Å². The third-order valence-corrected chi connectivity index (χ3v) is 2.22. The highest BCUT2D eigenvalue weighted by molar-refractivity contribution is 5.79. The molecule has 0 spiro atoms. The summed E-state index contributed by atoms with van der Waals surface area (Å²) in [7, 11) is 0. The number of hydrogen-bond acceptors (Lipinski definition) is 1. The average molecular weight is 165 g/mol. The SMILES string of the molecule is C#C[C@@H]1CCCN1C(=O)C(C)C. The zero-order chi connectivity index (χ0) is 9.14. The van der Waals surface area contributed by atoms with E-state index in [1.54, 1.807) is 0 Å². The van der Waals surface area contributed by atoms with Crippen LogP contribution in [0.1, 0.15) is 26.7 Å². The van der Waals surface area contributed by atoms with Crippen LogP contribution in [0.25, 0.3) is 0 Å². The lowest BCUT2D eigenvalue weighted by atomic mass is 10.1. The molecule has 2 nitrogen and oxygen atoms in total. The van der Waals surface area contributed by atoms with E-state index in [2.05, 4.69) is 5.92 Å². The minimum atomic E-state index is 0.0555. The molecule has 1 heterocycles. The van der Waals surface area contributed by atoms with E-state index in [-0.39, 0.29) is 17.9 Å². The predicted octanol–water partition coefficient (Wildman–Crippen LogP) is 1.27. The van der Waals surface area contributed by atoms with Gasteiger partial charge in [0.15, 0.2) is 0 Å². The average Bonchev–Trinajstić information content (AvgIpc) is 2.49. The molecule has 0 radical (unpaired) electrons. The third-order valence-electron chi connectivity index (χ3n) is 2.22. The summed E-state index contributed by atoms with van der Waals surface area (Å²) < 4.78 is 0. The summed E-state index contributed by atoms with van der Waals surface area (Å²) in [5.74, 6) is 2.91. The van der Waals surface area contributed by atoms with Gasteiger partial charge in [0.1, 0.15) is 0 Å². The predicted molar refractivity (Wildman–Crippen MR) is 48.4 cm³/mol. The normalized spacial score (nSPS) is 22.8. The van der Waals surface area contributed by atoms with Crippen LogP contribution in [0.2, 0.25) is 0 Å². The summed E-state index contributed by atoms with van der Waals surface area (Å²) in [6.07, 6.45) is 7.33. The lowest BCUT2D eigenvalue weighted by Gasteiger charge is -2.22. The summed E-state index contributed by atoms with van der Waals surface area (Å²) in [5, 5.41) is 0. The van der Waals surface area contributed by atoms with Crippen molar-refractivity contribution in [2.24, 2.45) is 5.92 Å². The number of amides is 1. The molecule has 1 aliphatic rings. The van der Waals surface area contributed by atoms with Gasteiger partial charge in [-0.25, -0.2) is 0 Å². The van der Waals surface area contributed by atoms with Gasteiger partial charge in [0.25, 0.3) is 0 Å². The number of carbonyl (C=O) groups excluding carboxylic acids is 1. The molecule has 1 atom stereocenters. The fraction of sp³-hybridized carbons (Fsp3) is 0.700. The number of carbonyl (C=O) groups is 1. The first-order valence-electron chi connectivity index (χ1n) is 4.43. The van der Waals surface area contributed by atoms with Gasteiger partial charge in [0.2, 0.25) is 5.91 Å². The fourth-order valence-corrected chi connectivity index (χ4v) is 1.54. The minimum absolute atomic E-state index is 0.0555. The largest absolute Gasteiger partial charge is 0.329 e. The molecule has 1 amide bonds. The van der Waals surface area contributed by atoms with Crippen LogP contribution in [0, 0.1) is 18.3 Å². The zero-order valence-corrected chi connectivity index (χ0v) is 7.71. The van der Waals surface area contributed by atoms with Crippen molar-refractivity contribution in [3.8, 4) is 12.3 Å². The highest BCUT2D eigenvalue weighted by atomic mass is 16.2. The Hall–Kier alpha value is -0.970. The molecule has 1 aliphatic heterocycles. The van der Waals surface area contributed by atoms with E-state index in [1.807, 2.05) is 18.7 Å². The third kappa shape index (κ3) is 1.61. The molecule has 0 N–H and O–H groups in total. The van der Waals surface area contributed by atoms with Crippen molar-refractivity contribution in [1.82, 2.24) is 4.90 Å². The van der Waals surface area contributed by atoms with E-state index in [0.717, 1.165) is 19.4 Å². The van der Waals surface area contributed by atoms with E-state index in [0.29, 0.717) is 0 Å². The van der Waals surface area contributed by atoms with Gasteiger partial charge in [-0.05, 0) is 12.8 Å². The number of nitrogens with zero attached hydrogens (tertiary/aromatic N) is 1.